The van der Waals surface area contributed by atoms with Gasteiger partial charge in [0.1, 0.15) is 0 Å². The zero-order valence-corrected chi connectivity index (χ0v) is 11.1. The fraction of sp³-hybridized carbons (Fsp3) is 0.125. The zero-order chi connectivity index (χ0) is 14.1. The smallest absolute Gasteiger partial charge is 0.270 e. The van der Waals surface area contributed by atoms with E-state index in [1.807, 2.05) is 37.4 Å². The number of nitro benzene ring substituents is 1. The Balaban J connectivity index is 2.07. The first-order valence-corrected chi connectivity index (χ1v) is 6.43. The highest BCUT2D eigenvalue weighted by Gasteiger charge is 2.11. The van der Waals surface area contributed by atoms with Crippen molar-refractivity contribution in [2.45, 2.75) is 13.5 Å². The lowest BCUT2D eigenvalue weighted by atomic mass is 10.2. The summed E-state index contributed by atoms with van der Waals surface area (Å²) in [4.78, 5) is 10.5. The predicted molar refractivity (Wildman–Crippen MR) is 78.9 cm³/mol. The minimum absolute atomic E-state index is 0.137. The van der Waals surface area contributed by atoms with Crippen LogP contribution in [0.25, 0.3) is 10.9 Å². The fourth-order valence-electron chi connectivity index (χ4n) is 2.49. The van der Waals surface area contributed by atoms with Gasteiger partial charge in [-0.05, 0) is 24.1 Å². The first-order valence-electron chi connectivity index (χ1n) is 6.43. The number of benzene rings is 2. The fourth-order valence-corrected chi connectivity index (χ4v) is 2.49. The number of aryl methyl sites for hydroxylation is 1. The van der Waals surface area contributed by atoms with Crippen LogP contribution in [0.1, 0.15) is 11.1 Å². The third kappa shape index (κ3) is 2.16. The van der Waals surface area contributed by atoms with Gasteiger partial charge in [-0.2, -0.15) is 0 Å². The topological polar surface area (TPSA) is 48.1 Å². The molecule has 20 heavy (non-hydrogen) atoms. The van der Waals surface area contributed by atoms with Gasteiger partial charge >= 0.3 is 0 Å². The van der Waals surface area contributed by atoms with Gasteiger partial charge in [-0.3, -0.25) is 10.1 Å². The molecule has 0 bridgehead atoms. The molecule has 0 spiro atoms. The largest absolute Gasteiger partial charge is 0.343 e. The van der Waals surface area contributed by atoms with Crippen molar-refractivity contribution in [3.8, 4) is 0 Å². The van der Waals surface area contributed by atoms with E-state index in [9.17, 15) is 10.1 Å². The summed E-state index contributed by atoms with van der Waals surface area (Å²) in [6.45, 7) is 2.75. The van der Waals surface area contributed by atoms with Crippen molar-refractivity contribution < 1.29 is 4.92 Å². The van der Waals surface area contributed by atoms with Crippen LogP contribution in [-0.2, 0) is 6.54 Å². The predicted octanol–water partition coefficient (Wildman–Crippen LogP) is 3.91. The van der Waals surface area contributed by atoms with Crippen LogP contribution >= 0.6 is 0 Å². The van der Waals surface area contributed by atoms with Crippen molar-refractivity contribution >= 4 is 16.6 Å². The molecule has 0 N–H and O–H groups in total. The number of nitro groups is 1. The van der Waals surface area contributed by atoms with E-state index in [2.05, 4.69) is 16.7 Å². The molecule has 2 aromatic carbocycles. The summed E-state index contributed by atoms with van der Waals surface area (Å²) >= 11 is 0. The van der Waals surface area contributed by atoms with Crippen molar-refractivity contribution in [2.75, 3.05) is 0 Å². The number of non-ortho nitro benzene ring substituents is 1. The molecule has 3 rings (SSSR count). The van der Waals surface area contributed by atoms with Crippen molar-refractivity contribution in [3.63, 3.8) is 0 Å². The molecule has 100 valence electrons. The van der Waals surface area contributed by atoms with E-state index in [1.165, 1.54) is 5.56 Å². The van der Waals surface area contributed by atoms with Crippen molar-refractivity contribution in [3.05, 3.63) is 76.0 Å². The third-order valence-electron chi connectivity index (χ3n) is 3.47. The second-order valence-corrected chi connectivity index (χ2v) is 4.88. The first-order chi connectivity index (χ1) is 9.65. The summed E-state index contributed by atoms with van der Waals surface area (Å²) in [6, 6.07) is 15.2. The molecule has 4 nitrogen and oxygen atoms in total. The molecule has 1 heterocycles. The molecule has 0 aliphatic rings. The van der Waals surface area contributed by atoms with Gasteiger partial charge in [0.05, 0.1) is 4.92 Å². The van der Waals surface area contributed by atoms with Crippen molar-refractivity contribution in [1.29, 1.82) is 0 Å². The Morgan fingerprint density at radius 1 is 1.15 bits per heavy atom. The molecular formula is C16H14N2O2. The molecule has 4 heteroatoms. The highest BCUT2D eigenvalue weighted by molar-refractivity contribution is 5.86. The monoisotopic (exact) mass is 266 g/mol. The molecule has 0 atom stereocenters. The Kier molecular flexibility index (Phi) is 2.99. The van der Waals surface area contributed by atoms with Gasteiger partial charge in [-0.1, -0.05) is 30.3 Å². The van der Waals surface area contributed by atoms with Crippen LogP contribution in [0.15, 0.2) is 54.7 Å². The summed E-state index contributed by atoms with van der Waals surface area (Å²) in [6.07, 6.45) is 2.04. The molecule has 0 amide bonds. The SMILES string of the molecule is Cc1cn(Cc2ccccc2)c2ccc([N+](=O)[O-])cc12. The lowest BCUT2D eigenvalue weighted by molar-refractivity contribution is -0.384. The number of rotatable bonds is 3. The van der Waals surface area contributed by atoms with Crippen molar-refractivity contribution in [1.82, 2.24) is 4.57 Å². The van der Waals surface area contributed by atoms with Gasteiger partial charge in [0.25, 0.3) is 5.69 Å². The van der Waals surface area contributed by atoms with Crippen LogP contribution in [0.2, 0.25) is 0 Å². The summed E-state index contributed by atoms with van der Waals surface area (Å²) in [7, 11) is 0. The molecule has 0 aliphatic carbocycles. The van der Waals surface area contributed by atoms with Crippen LogP contribution in [0.3, 0.4) is 0 Å². The minimum Gasteiger partial charge on any atom is -0.343 e. The average Bonchev–Trinajstić information content (AvgIpc) is 2.76. The zero-order valence-electron chi connectivity index (χ0n) is 11.1. The minimum atomic E-state index is -0.354. The maximum absolute atomic E-state index is 10.9. The molecule has 0 aliphatic heterocycles. The molecule has 0 radical (unpaired) electrons. The maximum Gasteiger partial charge on any atom is 0.270 e. The van der Waals surface area contributed by atoms with Gasteiger partial charge in [0, 0.05) is 35.8 Å². The number of nitrogens with zero attached hydrogens (tertiary/aromatic N) is 2. The summed E-state index contributed by atoms with van der Waals surface area (Å²) in [5.41, 5.74) is 3.43. The lowest BCUT2D eigenvalue weighted by Gasteiger charge is -2.05. The molecule has 1 aromatic heterocycles. The molecule has 0 fully saturated rings. The van der Waals surface area contributed by atoms with E-state index in [4.69, 9.17) is 0 Å². The molecule has 0 saturated heterocycles. The Morgan fingerprint density at radius 2 is 1.90 bits per heavy atom. The summed E-state index contributed by atoms with van der Waals surface area (Å²) < 4.78 is 2.13. The Labute approximate surface area is 116 Å². The van der Waals surface area contributed by atoms with Crippen molar-refractivity contribution in [2.24, 2.45) is 0 Å². The first kappa shape index (κ1) is 12.4. The van der Waals surface area contributed by atoms with E-state index >= 15 is 0 Å². The number of hydrogen-bond acceptors (Lipinski definition) is 2. The van der Waals surface area contributed by atoms with Gasteiger partial charge in [-0.15, -0.1) is 0 Å². The van der Waals surface area contributed by atoms with Gasteiger partial charge in [0.15, 0.2) is 0 Å². The van der Waals surface area contributed by atoms with Gasteiger partial charge in [-0.25, -0.2) is 0 Å². The molecule has 0 unspecified atom stereocenters. The Bertz CT molecular complexity index is 776. The van der Waals surface area contributed by atoms with Crippen LogP contribution in [0, 0.1) is 17.0 Å². The second kappa shape index (κ2) is 4.81. The van der Waals surface area contributed by atoms with Crippen LogP contribution in [0.5, 0.6) is 0 Å². The number of aromatic nitrogens is 1. The standard InChI is InChI=1S/C16H14N2O2/c1-12-10-17(11-13-5-3-2-4-6-13)16-8-7-14(18(19)20)9-15(12)16/h2-10H,11H2,1H3. The van der Waals surface area contributed by atoms with E-state index in [0.29, 0.717) is 0 Å². The van der Waals surface area contributed by atoms with Crippen LogP contribution < -0.4 is 0 Å². The molecular weight excluding hydrogens is 252 g/mol. The van der Waals surface area contributed by atoms with Crippen LogP contribution in [-0.4, -0.2) is 9.49 Å². The van der Waals surface area contributed by atoms with E-state index in [-0.39, 0.29) is 10.6 Å². The van der Waals surface area contributed by atoms with Gasteiger partial charge in [0.2, 0.25) is 0 Å². The third-order valence-corrected chi connectivity index (χ3v) is 3.47. The summed E-state index contributed by atoms with van der Waals surface area (Å²) in [5.74, 6) is 0. The summed E-state index contributed by atoms with van der Waals surface area (Å²) in [5, 5.41) is 11.8. The number of fused-ring (bicyclic) bond motifs is 1. The quantitative estimate of drug-likeness (QED) is 0.533. The lowest BCUT2D eigenvalue weighted by Crippen LogP contribution is -1.97. The van der Waals surface area contributed by atoms with Crippen LogP contribution in [0.4, 0.5) is 5.69 Å². The van der Waals surface area contributed by atoms with Gasteiger partial charge < -0.3 is 4.57 Å². The Hall–Kier alpha value is -2.62. The second-order valence-electron chi connectivity index (χ2n) is 4.88. The normalized spacial score (nSPS) is 10.8. The highest BCUT2D eigenvalue weighted by atomic mass is 16.6. The Morgan fingerprint density at radius 3 is 2.60 bits per heavy atom. The number of hydrogen-bond donors (Lipinski definition) is 0. The van der Waals surface area contributed by atoms with E-state index in [0.717, 1.165) is 23.0 Å². The molecule has 3 aromatic rings. The molecule has 0 saturated carbocycles. The maximum atomic E-state index is 10.9. The average molecular weight is 266 g/mol. The van der Waals surface area contributed by atoms with E-state index in [1.54, 1.807) is 12.1 Å². The highest BCUT2D eigenvalue weighted by Crippen LogP contribution is 2.26. The van der Waals surface area contributed by atoms with E-state index < -0.39 is 0 Å².